The Morgan fingerprint density at radius 3 is 2.51 bits per heavy atom. The topological polar surface area (TPSA) is 121 Å². The number of hydrogen-bond donors (Lipinski definition) is 1. The molecule has 11 heteroatoms. The highest BCUT2D eigenvalue weighted by Gasteiger charge is 2.38. The van der Waals surface area contributed by atoms with Gasteiger partial charge in [0.1, 0.15) is 9.94 Å². The number of aliphatic imine (C=N–C) groups is 1. The number of rotatable bonds is 6. The molecule has 5 rings (SSSR count). The third-order valence-electron chi connectivity index (χ3n) is 6.43. The number of thioether (sulfide) groups is 1. The molecule has 9 nitrogen and oxygen atoms in total. The molecule has 2 aliphatic heterocycles. The molecular formula is C26H26N4O5S2. The molecule has 1 saturated carbocycles. The highest BCUT2D eigenvalue weighted by molar-refractivity contribution is 8.27. The van der Waals surface area contributed by atoms with Crippen molar-refractivity contribution >= 4 is 49.9 Å². The van der Waals surface area contributed by atoms with Crippen molar-refractivity contribution in [3.05, 3.63) is 59.2 Å². The Bertz CT molecular complexity index is 1460. The molecule has 0 atom stereocenters. The van der Waals surface area contributed by atoms with Gasteiger partial charge in [0, 0.05) is 5.92 Å². The molecule has 1 amide bonds. The van der Waals surface area contributed by atoms with Crippen molar-refractivity contribution in [2.75, 3.05) is 7.11 Å². The minimum absolute atomic E-state index is 0.00764. The van der Waals surface area contributed by atoms with E-state index in [0.717, 1.165) is 36.3 Å². The SMILES string of the molecule is COc1cc(/C=C2/C(=N)N3N=C(C4CCCCC4)SC3=NC2=O)ccc1OS(=O)(=O)c1ccc(C)cc1. The second-order valence-electron chi connectivity index (χ2n) is 9.05. The molecule has 0 bridgehead atoms. The molecule has 0 spiro atoms. The number of benzene rings is 2. The Hall–Kier alpha value is -3.44. The highest BCUT2D eigenvalue weighted by atomic mass is 32.2. The van der Waals surface area contributed by atoms with Crippen LogP contribution in [0.2, 0.25) is 0 Å². The second kappa shape index (κ2) is 10.1. The van der Waals surface area contributed by atoms with Gasteiger partial charge < -0.3 is 8.92 Å². The fourth-order valence-corrected chi connectivity index (χ4v) is 6.40. The minimum Gasteiger partial charge on any atom is -0.493 e. The first-order chi connectivity index (χ1) is 17.7. The minimum atomic E-state index is -4.07. The van der Waals surface area contributed by atoms with Crippen LogP contribution in [0.15, 0.2) is 63.0 Å². The highest BCUT2D eigenvalue weighted by Crippen LogP contribution is 2.37. The number of amides is 1. The lowest BCUT2D eigenvalue weighted by molar-refractivity contribution is -0.114. The molecule has 2 heterocycles. The first-order valence-electron chi connectivity index (χ1n) is 11.9. The molecule has 0 radical (unpaired) electrons. The van der Waals surface area contributed by atoms with E-state index in [1.807, 2.05) is 6.92 Å². The fraction of sp³-hybridized carbons (Fsp3) is 0.308. The molecule has 2 aromatic carbocycles. The summed E-state index contributed by atoms with van der Waals surface area (Å²) in [4.78, 5) is 17.0. The van der Waals surface area contributed by atoms with E-state index in [-0.39, 0.29) is 27.8 Å². The average molecular weight is 539 g/mol. The number of fused-ring (bicyclic) bond motifs is 1. The van der Waals surface area contributed by atoms with Crippen LogP contribution in [0.1, 0.15) is 43.2 Å². The van der Waals surface area contributed by atoms with Crippen molar-refractivity contribution in [3.63, 3.8) is 0 Å². The average Bonchev–Trinajstić information content (AvgIpc) is 3.32. The third-order valence-corrected chi connectivity index (χ3v) is 8.75. The first-order valence-corrected chi connectivity index (χ1v) is 14.2. The largest absolute Gasteiger partial charge is 0.493 e. The number of carbonyl (C=O) groups excluding carboxylic acids is 1. The normalized spacial score (nSPS) is 19.5. The van der Waals surface area contributed by atoms with Gasteiger partial charge in [-0.3, -0.25) is 10.2 Å². The van der Waals surface area contributed by atoms with Gasteiger partial charge in [-0.25, -0.2) is 0 Å². The van der Waals surface area contributed by atoms with E-state index in [0.29, 0.717) is 16.6 Å². The van der Waals surface area contributed by atoms with Gasteiger partial charge >= 0.3 is 10.1 Å². The maximum Gasteiger partial charge on any atom is 0.339 e. The lowest BCUT2D eigenvalue weighted by Crippen LogP contribution is -2.35. The summed E-state index contributed by atoms with van der Waals surface area (Å²) in [5.41, 5.74) is 1.53. The molecule has 1 N–H and O–H groups in total. The van der Waals surface area contributed by atoms with Gasteiger partial charge in [-0.15, -0.1) is 0 Å². The lowest BCUT2D eigenvalue weighted by atomic mass is 9.90. The fourth-order valence-electron chi connectivity index (χ4n) is 4.40. The van der Waals surface area contributed by atoms with Gasteiger partial charge in [0.2, 0.25) is 5.17 Å². The third kappa shape index (κ3) is 5.19. The predicted molar refractivity (Wildman–Crippen MR) is 144 cm³/mol. The van der Waals surface area contributed by atoms with E-state index in [1.54, 1.807) is 24.3 Å². The molecule has 1 aliphatic carbocycles. The number of methoxy groups -OCH3 is 1. The zero-order valence-electron chi connectivity index (χ0n) is 20.4. The van der Waals surface area contributed by atoms with Gasteiger partial charge in [-0.05, 0) is 67.4 Å². The van der Waals surface area contributed by atoms with E-state index >= 15 is 0 Å². The summed E-state index contributed by atoms with van der Waals surface area (Å²) in [5.74, 6) is -0.0541. The van der Waals surface area contributed by atoms with Crippen LogP contribution in [0.25, 0.3) is 6.08 Å². The van der Waals surface area contributed by atoms with E-state index in [2.05, 4.69) is 10.1 Å². The van der Waals surface area contributed by atoms with Crippen LogP contribution in [-0.2, 0) is 14.9 Å². The summed E-state index contributed by atoms with van der Waals surface area (Å²) in [7, 11) is -2.68. The van der Waals surface area contributed by atoms with Gasteiger partial charge in [0.25, 0.3) is 5.91 Å². The number of amidine groups is 2. The Kier molecular flexibility index (Phi) is 6.91. The molecule has 0 saturated heterocycles. The van der Waals surface area contributed by atoms with Crippen LogP contribution in [0.3, 0.4) is 0 Å². The number of hydrazone groups is 1. The zero-order valence-corrected chi connectivity index (χ0v) is 22.1. The number of nitrogens with zero attached hydrogens (tertiary/aromatic N) is 3. The summed E-state index contributed by atoms with van der Waals surface area (Å²) < 4.78 is 36.1. The number of aryl methyl sites for hydroxylation is 1. The maximum absolute atomic E-state index is 12.8. The predicted octanol–water partition coefficient (Wildman–Crippen LogP) is 4.97. The summed E-state index contributed by atoms with van der Waals surface area (Å²) in [6.07, 6.45) is 7.18. The molecule has 192 valence electrons. The molecule has 0 unspecified atom stereocenters. The van der Waals surface area contributed by atoms with Crippen LogP contribution in [0, 0.1) is 18.3 Å². The zero-order chi connectivity index (χ0) is 26.2. The summed E-state index contributed by atoms with van der Waals surface area (Å²) >= 11 is 1.37. The number of ether oxygens (including phenoxy) is 1. The van der Waals surface area contributed by atoms with Crippen molar-refractivity contribution < 1.29 is 22.1 Å². The van der Waals surface area contributed by atoms with Crippen molar-refractivity contribution in [2.24, 2.45) is 16.0 Å². The summed E-state index contributed by atoms with van der Waals surface area (Å²) in [5, 5.41) is 16.0. The van der Waals surface area contributed by atoms with Crippen LogP contribution in [-0.4, -0.2) is 42.5 Å². The van der Waals surface area contributed by atoms with Crippen LogP contribution >= 0.6 is 11.8 Å². The number of carbonyl (C=O) groups is 1. The Balaban J connectivity index is 1.39. The van der Waals surface area contributed by atoms with Crippen LogP contribution < -0.4 is 8.92 Å². The summed E-state index contributed by atoms with van der Waals surface area (Å²) in [6.45, 7) is 1.86. The van der Waals surface area contributed by atoms with Crippen LogP contribution in [0.5, 0.6) is 11.5 Å². The monoisotopic (exact) mass is 538 g/mol. The molecular weight excluding hydrogens is 512 g/mol. The smallest absolute Gasteiger partial charge is 0.339 e. The van der Waals surface area contributed by atoms with Crippen molar-refractivity contribution in [2.45, 2.75) is 43.9 Å². The molecule has 0 aromatic heterocycles. The van der Waals surface area contributed by atoms with Gasteiger partial charge in [0.05, 0.1) is 12.7 Å². The van der Waals surface area contributed by atoms with Gasteiger partial charge in [0.15, 0.2) is 17.3 Å². The standard InChI is InChI=1S/C26H26N4O5S2/c1-16-8-11-19(12-9-16)37(32,33)35-21-13-10-17(15-22(21)34-2)14-20-23(27)30-26(28-24(20)31)36-25(29-30)18-6-4-3-5-7-18/h8-15,18,27H,3-7H2,1-2H3/b20-14-,27-23?. The van der Waals surface area contributed by atoms with E-state index < -0.39 is 16.0 Å². The van der Waals surface area contributed by atoms with E-state index in [9.17, 15) is 13.2 Å². The van der Waals surface area contributed by atoms with E-state index in [4.69, 9.17) is 14.3 Å². The second-order valence-corrected chi connectivity index (χ2v) is 11.6. The van der Waals surface area contributed by atoms with Crippen molar-refractivity contribution in [1.29, 1.82) is 5.41 Å². The molecule has 2 aromatic rings. The molecule has 37 heavy (non-hydrogen) atoms. The van der Waals surface area contributed by atoms with E-state index in [1.165, 1.54) is 54.6 Å². The Labute approximate surface area is 219 Å². The summed E-state index contributed by atoms with van der Waals surface area (Å²) in [6, 6.07) is 10.9. The van der Waals surface area contributed by atoms with Gasteiger partial charge in [-0.1, -0.05) is 43.0 Å². The van der Waals surface area contributed by atoms with Crippen molar-refractivity contribution in [1.82, 2.24) is 5.01 Å². The number of nitrogens with one attached hydrogen (secondary N) is 1. The van der Waals surface area contributed by atoms with Crippen LogP contribution in [0.4, 0.5) is 0 Å². The quantitative estimate of drug-likeness (QED) is 0.407. The first kappa shape index (κ1) is 25.2. The lowest BCUT2D eigenvalue weighted by Gasteiger charge is -2.20. The molecule has 1 fully saturated rings. The van der Waals surface area contributed by atoms with Crippen molar-refractivity contribution in [3.8, 4) is 11.5 Å². The maximum atomic E-state index is 12.8. The Morgan fingerprint density at radius 2 is 1.81 bits per heavy atom. The molecule has 3 aliphatic rings. The Morgan fingerprint density at radius 1 is 1.08 bits per heavy atom. The number of hydrogen-bond acceptors (Lipinski definition) is 8. The van der Waals surface area contributed by atoms with Gasteiger partial charge in [-0.2, -0.15) is 23.5 Å².